The molecule has 1 heterocycles. The van der Waals surface area contributed by atoms with Crippen molar-refractivity contribution in [2.75, 3.05) is 0 Å². The summed E-state index contributed by atoms with van der Waals surface area (Å²) in [7, 11) is 1.95. The molecule has 0 radical (unpaired) electrons. The van der Waals surface area contributed by atoms with Crippen LogP contribution in [0, 0.1) is 11.3 Å². The van der Waals surface area contributed by atoms with E-state index >= 15 is 0 Å². The van der Waals surface area contributed by atoms with E-state index in [1.165, 1.54) is 19.3 Å². The molecule has 1 fully saturated rings. The highest BCUT2D eigenvalue weighted by Gasteiger charge is 2.38. The maximum absolute atomic E-state index is 6.35. The van der Waals surface area contributed by atoms with Gasteiger partial charge in [-0.2, -0.15) is 5.10 Å². The summed E-state index contributed by atoms with van der Waals surface area (Å²) in [6.07, 6.45) is 6.82. The fourth-order valence-electron chi connectivity index (χ4n) is 3.10. The molecule has 1 aromatic rings. The van der Waals surface area contributed by atoms with E-state index in [1.807, 2.05) is 17.9 Å². The topological polar surface area (TPSA) is 43.8 Å². The Kier molecular flexibility index (Phi) is 3.06. The molecule has 3 nitrogen and oxygen atoms in total. The highest BCUT2D eigenvalue weighted by Crippen LogP contribution is 2.44. The van der Waals surface area contributed by atoms with Crippen LogP contribution < -0.4 is 5.73 Å². The van der Waals surface area contributed by atoms with Gasteiger partial charge in [-0.05, 0) is 30.2 Å². The van der Waals surface area contributed by atoms with Crippen molar-refractivity contribution < 1.29 is 0 Å². The molecule has 0 aliphatic heterocycles. The lowest BCUT2D eigenvalue weighted by atomic mass is 9.76. The largest absolute Gasteiger partial charge is 0.327 e. The van der Waals surface area contributed by atoms with Gasteiger partial charge in [0.2, 0.25) is 0 Å². The predicted molar refractivity (Wildman–Crippen MR) is 66.0 cm³/mol. The normalized spacial score (nSPS) is 25.9. The molecule has 90 valence electrons. The molecule has 2 atom stereocenters. The first-order chi connectivity index (χ1) is 7.49. The van der Waals surface area contributed by atoms with Crippen molar-refractivity contribution >= 4 is 0 Å². The summed E-state index contributed by atoms with van der Waals surface area (Å²) in [5.74, 6) is 0.648. The van der Waals surface area contributed by atoms with Gasteiger partial charge >= 0.3 is 0 Å². The van der Waals surface area contributed by atoms with Gasteiger partial charge in [-0.1, -0.05) is 20.3 Å². The van der Waals surface area contributed by atoms with E-state index in [4.69, 9.17) is 5.73 Å². The Morgan fingerprint density at radius 3 is 2.88 bits per heavy atom. The maximum atomic E-state index is 6.35. The average molecular weight is 221 g/mol. The third-order valence-electron chi connectivity index (χ3n) is 4.07. The molecule has 1 saturated carbocycles. The van der Waals surface area contributed by atoms with Crippen molar-refractivity contribution in [3.8, 4) is 0 Å². The van der Waals surface area contributed by atoms with Crippen LogP contribution in [-0.2, 0) is 13.5 Å². The van der Waals surface area contributed by atoms with E-state index in [2.05, 4.69) is 25.0 Å². The first kappa shape index (κ1) is 11.6. The van der Waals surface area contributed by atoms with Gasteiger partial charge in [0.05, 0.1) is 5.69 Å². The molecular weight excluding hydrogens is 198 g/mol. The molecule has 16 heavy (non-hydrogen) atoms. The van der Waals surface area contributed by atoms with Crippen LogP contribution in [0.15, 0.2) is 12.3 Å². The molecule has 1 aliphatic carbocycles. The van der Waals surface area contributed by atoms with Crippen molar-refractivity contribution in [1.82, 2.24) is 9.78 Å². The van der Waals surface area contributed by atoms with Crippen molar-refractivity contribution in [1.29, 1.82) is 0 Å². The third kappa shape index (κ3) is 2.29. The minimum absolute atomic E-state index is 0.257. The minimum Gasteiger partial charge on any atom is -0.327 e. The number of aryl methyl sites for hydroxylation is 1. The highest BCUT2D eigenvalue weighted by atomic mass is 15.2. The molecule has 0 saturated heterocycles. The van der Waals surface area contributed by atoms with Crippen LogP contribution in [0.2, 0.25) is 0 Å². The summed E-state index contributed by atoms with van der Waals surface area (Å²) in [5, 5.41) is 4.41. The molecule has 1 aromatic heterocycles. The van der Waals surface area contributed by atoms with Crippen LogP contribution in [0.25, 0.3) is 0 Å². The van der Waals surface area contributed by atoms with Crippen LogP contribution in [0.4, 0.5) is 0 Å². The Balaban J connectivity index is 2.00. The molecule has 3 heteroatoms. The maximum Gasteiger partial charge on any atom is 0.0640 e. The number of nitrogens with two attached hydrogens (primary N) is 1. The van der Waals surface area contributed by atoms with E-state index < -0.39 is 0 Å². The van der Waals surface area contributed by atoms with Crippen LogP contribution in [0.5, 0.6) is 0 Å². The fraction of sp³-hybridized carbons (Fsp3) is 0.769. The first-order valence-electron chi connectivity index (χ1n) is 6.23. The lowest BCUT2D eigenvalue weighted by molar-refractivity contribution is 0.219. The van der Waals surface area contributed by atoms with Gasteiger partial charge in [-0.3, -0.25) is 4.68 Å². The van der Waals surface area contributed by atoms with E-state index in [0.29, 0.717) is 11.3 Å². The number of hydrogen-bond donors (Lipinski definition) is 1. The molecule has 0 bridgehead atoms. The van der Waals surface area contributed by atoms with Crippen molar-refractivity contribution in [3.05, 3.63) is 18.0 Å². The zero-order valence-corrected chi connectivity index (χ0v) is 10.6. The molecular formula is C13H23N3. The molecule has 2 N–H and O–H groups in total. The zero-order valence-electron chi connectivity index (χ0n) is 10.6. The first-order valence-corrected chi connectivity index (χ1v) is 6.23. The van der Waals surface area contributed by atoms with Gasteiger partial charge in [-0.15, -0.1) is 0 Å². The average Bonchev–Trinajstić information content (AvgIpc) is 2.72. The van der Waals surface area contributed by atoms with Crippen LogP contribution in [0.3, 0.4) is 0 Å². The SMILES string of the molecule is Cn1ccc(CC(N)C2CCCC2(C)C)n1. The van der Waals surface area contributed by atoms with E-state index in [1.54, 1.807) is 0 Å². The zero-order chi connectivity index (χ0) is 11.8. The Bertz CT molecular complexity index is 354. The second-order valence-electron chi connectivity index (χ2n) is 5.84. The Labute approximate surface area is 98.0 Å². The van der Waals surface area contributed by atoms with E-state index in [0.717, 1.165) is 12.1 Å². The molecule has 2 rings (SSSR count). The second-order valence-corrected chi connectivity index (χ2v) is 5.84. The van der Waals surface area contributed by atoms with Gasteiger partial charge in [0.25, 0.3) is 0 Å². The monoisotopic (exact) mass is 221 g/mol. The van der Waals surface area contributed by atoms with Crippen molar-refractivity contribution in [2.45, 2.75) is 45.6 Å². The van der Waals surface area contributed by atoms with E-state index in [-0.39, 0.29) is 6.04 Å². The lowest BCUT2D eigenvalue weighted by Gasteiger charge is -2.31. The predicted octanol–water partition coefficient (Wildman–Crippen LogP) is 2.12. The summed E-state index contributed by atoms with van der Waals surface area (Å²) >= 11 is 0. The molecule has 1 aliphatic rings. The Morgan fingerprint density at radius 2 is 2.38 bits per heavy atom. The fourth-order valence-corrected chi connectivity index (χ4v) is 3.10. The van der Waals surface area contributed by atoms with Gasteiger partial charge in [-0.25, -0.2) is 0 Å². The lowest BCUT2D eigenvalue weighted by Crippen LogP contribution is -2.38. The number of rotatable bonds is 3. The van der Waals surface area contributed by atoms with Crippen LogP contribution >= 0.6 is 0 Å². The summed E-state index contributed by atoms with van der Waals surface area (Å²) in [6, 6.07) is 2.33. The summed E-state index contributed by atoms with van der Waals surface area (Å²) in [6.45, 7) is 4.70. The smallest absolute Gasteiger partial charge is 0.0640 e. The quantitative estimate of drug-likeness (QED) is 0.849. The summed E-state index contributed by atoms with van der Waals surface area (Å²) < 4.78 is 1.85. The number of hydrogen-bond acceptors (Lipinski definition) is 2. The summed E-state index contributed by atoms with van der Waals surface area (Å²) in [4.78, 5) is 0. The van der Waals surface area contributed by atoms with Crippen molar-refractivity contribution in [2.24, 2.45) is 24.1 Å². The number of nitrogens with zero attached hydrogens (tertiary/aromatic N) is 2. The third-order valence-corrected chi connectivity index (χ3v) is 4.07. The van der Waals surface area contributed by atoms with Gasteiger partial charge < -0.3 is 5.73 Å². The highest BCUT2D eigenvalue weighted by molar-refractivity contribution is 5.03. The Hall–Kier alpha value is -0.830. The van der Waals surface area contributed by atoms with Crippen LogP contribution in [0.1, 0.15) is 38.8 Å². The standard InChI is InChI=1S/C13H23N3/c1-13(2)7-4-5-11(13)12(14)9-10-6-8-16(3)15-10/h6,8,11-12H,4-5,7,9,14H2,1-3H3. The van der Waals surface area contributed by atoms with Gasteiger partial charge in [0, 0.05) is 25.7 Å². The Morgan fingerprint density at radius 1 is 1.62 bits per heavy atom. The molecule has 0 amide bonds. The molecule has 0 spiro atoms. The van der Waals surface area contributed by atoms with Gasteiger partial charge in [0.15, 0.2) is 0 Å². The minimum atomic E-state index is 0.257. The molecule has 2 unspecified atom stereocenters. The number of aromatic nitrogens is 2. The summed E-state index contributed by atoms with van der Waals surface area (Å²) in [5.41, 5.74) is 7.88. The van der Waals surface area contributed by atoms with Crippen LogP contribution in [-0.4, -0.2) is 15.8 Å². The van der Waals surface area contributed by atoms with E-state index in [9.17, 15) is 0 Å². The second kappa shape index (κ2) is 4.21. The van der Waals surface area contributed by atoms with Gasteiger partial charge in [0.1, 0.15) is 0 Å². The molecule has 0 aromatic carbocycles. The van der Waals surface area contributed by atoms with Crippen molar-refractivity contribution in [3.63, 3.8) is 0 Å².